The number of hydrogen-bond donors (Lipinski definition) is 3. The first-order valence-corrected chi connectivity index (χ1v) is 20.4. The summed E-state index contributed by atoms with van der Waals surface area (Å²) in [5, 5.41) is 3.44. The lowest BCUT2D eigenvalue weighted by atomic mass is 10.1. The first-order chi connectivity index (χ1) is 29.4. The van der Waals surface area contributed by atoms with Crippen LogP contribution >= 0.6 is 11.6 Å². The Hall–Kier alpha value is -5.84. The molecule has 0 amide bonds. The standard InChI is InChI=1S/C24H28N6O2.C16H12ClFN4.C4H9NO/c25-22-20(16-18-4-2-1-3-5-18)24(30-10-14-32-15-11-30)28-23(27-22)21-7-6-19(17-26-21)29-8-12-31-13-9-29;17-14-12(8-10-4-2-1-3-5-10)15(19)22-16(21-14)13-7-6-11(18)9-20-13;1-3-6-4-2-5-1/h1-7,17H,8-16H2,(H2,25,27,28);1-7,9H,8H2,(H2,19,21,22);5H,1-4H2. The molecule has 5 N–H and O–H groups in total. The molecule has 0 unspecified atom stereocenters. The molecule has 0 aliphatic carbocycles. The Kier molecular flexibility index (Phi) is 15.1. The van der Waals surface area contributed by atoms with Gasteiger partial charge in [-0.2, -0.15) is 0 Å². The maximum absolute atomic E-state index is 12.9. The van der Waals surface area contributed by atoms with Crippen LogP contribution in [0.5, 0.6) is 0 Å². The molecule has 3 aliphatic heterocycles. The molecule has 14 nitrogen and oxygen atoms in total. The Morgan fingerprint density at radius 3 is 1.60 bits per heavy atom. The number of nitrogens with two attached hydrogens (primary N) is 2. The van der Waals surface area contributed by atoms with Crippen LogP contribution < -0.4 is 26.6 Å². The molecule has 0 spiro atoms. The van der Waals surface area contributed by atoms with Crippen molar-refractivity contribution in [3.63, 3.8) is 0 Å². The topological polar surface area (TPSA) is 176 Å². The van der Waals surface area contributed by atoms with Crippen molar-refractivity contribution < 1.29 is 18.6 Å². The van der Waals surface area contributed by atoms with E-state index in [0.717, 1.165) is 100 Å². The second-order valence-corrected chi connectivity index (χ2v) is 14.4. The van der Waals surface area contributed by atoms with Crippen LogP contribution in [0.4, 0.5) is 27.5 Å². The highest BCUT2D eigenvalue weighted by Crippen LogP contribution is 2.30. The minimum absolute atomic E-state index is 0.275. The van der Waals surface area contributed by atoms with Crippen LogP contribution in [-0.2, 0) is 27.1 Å². The van der Waals surface area contributed by atoms with E-state index in [9.17, 15) is 4.39 Å². The Bertz CT molecular complexity index is 2210. The van der Waals surface area contributed by atoms with Gasteiger partial charge in [-0.25, -0.2) is 29.3 Å². The SMILES string of the molecule is C1COCCN1.Nc1nc(-c2ccc(F)cn2)nc(Cl)c1Cc1ccccc1.Nc1nc(-c2ccc(N3CCOCC3)cn2)nc(N2CCOCC2)c1Cc1ccccc1. The van der Waals surface area contributed by atoms with E-state index < -0.39 is 5.82 Å². The van der Waals surface area contributed by atoms with Crippen molar-refractivity contribution in [2.24, 2.45) is 0 Å². The average molecular weight is 834 g/mol. The highest BCUT2D eigenvalue weighted by molar-refractivity contribution is 6.30. The zero-order valence-corrected chi connectivity index (χ0v) is 34.1. The summed E-state index contributed by atoms with van der Waals surface area (Å²) in [5.74, 6) is 2.07. The number of nitrogens with zero attached hydrogens (tertiary/aromatic N) is 8. The summed E-state index contributed by atoms with van der Waals surface area (Å²) >= 11 is 6.23. The summed E-state index contributed by atoms with van der Waals surface area (Å²) in [4.78, 5) is 31.2. The van der Waals surface area contributed by atoms with Crippen molar-refractivity contribution in [1.82, 2.24) is 35.2 Å². The average Bonchev–Trinajstić information content (AvgIpc) is 3.31. The van der Waals surface area contributed by atoms with Crippen molar-refractivity contribution in [3.8, 4) is 23.0 Å². The molecule has 7 heterocycles. The molecule has 3 fully saturated rings. The summed E-state index contributed by atoms with van der Waals surface area (Å²) in [6.45, 7) is 9.98. The van der Waals surface area contributed by atoms with Gasteiger partial charge in [-0.3, -0.25) is 4.98 Å². The van der Waals surface area contributed by atoms with Gasteiger partial charge in [0.2, 0.25) is 0 Å². The molecule has 312 valence electrons. The molecular formula is C44H49ClFN11O3. The van der Waals surface area contributed by atoms with E-state index >= 15 is 0 Å². The highest BCUT2D eigenvalue weighted by atomic mass is 35.5. The van der Waals surface area contributed by atoms with Crippen LogP contribution in [0, 0.1) is 5.82 Å². The van der Waals surface area contributed by atoms with Crippen LogP contribution in [0.3, 0.4) is 0 Å². The molecular weight excluding hydrogens is 785 g/mol. The molecule has 3 aliphatic rings. The predicted octanol–water partition coefficient (Wildman–Crippen LogP) is 5.50. The van der Waals surface area contributed by atoms with Gasteiger partial charge in [0, 0.05) is 63.2 Å². The number of ether oxygens (including phenoxy) is 3. The zero-order chi connectivity index (χ0) is 41.5. The van der Waals surface area contributed by atoms with E-state index in [-0.39, 0.29) is 11.0 Å². The number of anilines is 4. The summed E-state index contributed by atoms with van der Waals surface area (Å²) in [6, 6.07) is 26.9. The quantitative estimate of drug-likeness (QED) is 0.164. The number of hydrogen-bond acceptors (Lipinski definition) is 14. The minimum atomic E-state index is -0.427. The third-order valence-corrected chi connectivity index (χ3v) is 10.2. The Labute approximate surface area is 354 Å². The van der Waals surface area contributed by atoms with E-state index in [2.05, 4.69) is 58.2 Å². The highest BCUT2D eigenvalue weighted by Gasteiger charge is 2.22. The van der Waals surface area contributed by atoms with E-state index in [0.29, 0.717) is 54.8 Å². The van der Waals surface area contributed by atoms with Crippen LogP contribution in [0.25, 0.3) is 23.0 Å². The normalized spacial score (nSPS) is 15.3. The predicted molar refractivity (Wildman–Crippen MR) is 233 cm³/mol. The van der Waals surface area contributed by atoms with Gasteiger partial charge in [-0.15, -0.1) is 0 Å². The Morgan fingerprint density at radius 2 is 1.10 bits per heavy atom. The van der Waals surface area contributed by atoms with Crippen LogP contribution in [0.1, 0.15) is 22.3 Å². The second-order valence-electron chi connectivity index (χ2n) is 14.1. The maximum atomic E-state index is 12.9. The van der Waals surface area contributed by atoms with Crippen molar-refractivity contribution in [2.75, 3.05) is 100 Å². The molecule has 0 atom stereocenters. The van der Waals surface area contributed by atoms with E-state index in [4.69, 9.17) is 42.3 Å². The van der Waals surface area contributed by atoms with Gasteiger partial charge >= 0.3 is 0 Å². The lowest BCUT2D eigenvalue weighted by molar-refractivity contribution is 0.109. The summed E-state index contributed by atoms with van der Waals surface area (Å²) in [5.41, 5.74) is 18.6. The molecule has 2 aromatic carbocycles. The van der Waals surface area contributed by atoms with Crippen molar-refractivity contribution in [1.29, 1.82) is 0 Å². The van der Waals surface area contributed by atoms with E-state index in [1.165, 1.54) is 17.7 Å². The minimum Gasteiger partial charge on any atom is -0.383 e. The number of rotatable bonds is 8. The third kappa shape index (κ3) is 11.7. The molecule has 0 bridgehead atoms. The fourth-order valence-electron chi connectivity index (χ4n) is 6.71. The van der Waals surface area contributed by atoms with Gasteiger partial charge in [0.25, 0.3) is 0 Å². The lowest BCUT2D eigenvalue weighted by Crippen LogP contribution is -2.37. The van der Waals surface area contributed by atoms with E-state index in [1.54, 1.807) is 0 Å². The van der Waals surface area contributed by atoms with Crippen molar-refractivity contribution in [2.45, 2.75) is 12.8 Å². The number of halogens is 2. The van der Waals surface area contributed by atoms with Gasteiger partial charge in [0.1, 0.15) is 39.8 Å². The van der Waals surface area contributed by atoms with Crippen LogP contribution in [0.2, 0.25) is 5.15 Å². The number of benzene rings is 2. The Morgan fingerprint density at radius 1 is 0.583 bits per heavy atom. The van der Waals surface area contributed by atoms with Crippen molar-refractivity contribution >= 4 is 34.7 Å². The van der Waals surface area contributed by atoms with E-state index in [1.807, 2.05) is 60.8 Å². The van der Waals surface area contributed by atoms with Gasteiger partial charge in [-0.05, 0) is 35.4 Å². The maximum Gasteiger partial charge on any atom is 0.182 e. The fraction of sp³-hybridized carbons (Fsp3) is 0.318. The summed E-state index contributed by atoms with van der Waals surface area (Å²) < 4.78 is 28.9. The third-order valence-electron chi connectivity index (χ3n) is 9.92. The lowest BCUT2D eigenvalue weighted by Gasteiger charge is -2.30. The van der Waals surface area contributed by atoms with Gasteiger partial charge in [-0.1, -0.05) is 72.3 Å². The number of pyridine rings is 2. The molecule has 3 saturated heterocycles. The molecule has 9 rings (SSSR count). The van der Waals surface area contributed by atoms with Gasteiger partial charge in [0.05, 0.1) is 57.7 Å². The van der Waals surface area contributed by atoms with Crippen LogP contribution in [-0.4, -0.2) is 109 Å². The summed E-state index contributed by atoms with van der Waals surface area (Å²) in [7, 11) is 0. The van der Waals surface area contributed by atoms with Crippen LogP contribution in [0.15, 0.2) is 97.3 Å². The fourth-order valence-corrected chi connectivity index (χ4v) is 6.95. The molecule has 0 saturated carbocycles. The zero-order valence-electron chi connectivity index (χ0n) is 33.4. The number of morpholine rings is 3. The number of aromatic nitrogens is 6. The van der Waals surface area contributed by atoms with Crippen molar-refractivity contribution in [3.05, 3.63) is 131 Å². The Balaban J connectivity index is 0.000000167. The number of nitrogens with one attached hydrogen (secondary N) is 1. The molecule has 0 radical (unpaired) electrons. The molecule has 4 aromatic heterocycles. The molecule has 6 aromatic rings. The largest absolute Gasteiger partial charge is 0.383 e. The molecule has 16 heteroatoms. The van der Waals surface area contributed by atoms with Gasteiger partial charge in [0.15, 0.2) is 11.6 Å². The summed E-state index contributed by atoms with van der Waals surface area (Å²) in [6.07, 6.45) is 4.21. The first kappa shape index (κ1) is 42.3. The number of nitrogen functional groups attached to an aromatic ring is 2. The smallest absolute Gasteiger partial charge is 0.182 e. The second kappa shape index (κ2) is 21.4. The van der Waals surface area contributed by atoms with Gasteiger partial charge < -0.3 is 40.8 Å². The monoisotopic (exact) mass is 833 g/mol. The molecule has 60 heavy (non-hydrogen) atoms. The first-order valence-electron chi connectivity index (χ1n) is 20.0.